The number of benzene rings is 2. The first-order valence-corrected chi connectivity index (χ1v) is 7.24. The lowest BCUT2D eigenvalue weighted by atomic mass is 9.95. The maximum atomic E-state index is 12.4. The maximum absolute atomic E-state index is 12.4. The lowest BCUT2D eigenvalue weighted by molar-refractivity contribution is -0.119. The van der Waals surface area contributed by atoms with Gasteiger partial charge in [0.05, 0.1) is 19.3 Å². The van der Waals surface area contributed by atoms with Gasteiger partial charge in [0.2, 0.25) is 5.91 Å². The van der Waals surface area contributed by atoms with Gasteiger partial charge in [-0.1, -0.05) is 30.3 Å². The van der Waals surface area contributed by atoms with Crippen LogP contribution in [0.4, 0.5) is 5.69 Å². The van der Waals surface area contributed by atoms with Crippen LogP contribution in [0.2, 0.25) is 0 Å². The SMILES string of the molecule is COc1ccc(C=O)c2c1N(Cc1ccccc1)C(=O)CC2. The number of hydrogen-bond donors (Lipinski definition) is 0. The summed E-state index contributed by atoms with van der Waals surface area (Å²) < 4.78 is 5.42. The van der Waals surface area contributed by atoms with Gasteiger partial charge in [-0.3, -0.25) is 9.59 Å². The highest BCUT2D eigenvalue weighted by Gasteiger charge is 2.29. The van der Waals surface area contributed by atoms with Crippen LogP contribution in [-0.4, -0.2) is 19.3 Å². The van der Waals surface area contributed by atoms with E-state index < -0.39 is 0 Å². The minimum absolute atomic E-state index is 0.0534. The van der Waals surface area contributed by atoms with E-state index in [4.69, 9.17) is 4.74 Å². The quantitative estimate of drug-likeness (QED) is 0.815. The second-order valence-corrected chi connectivity index (χ2v) is 5.27. The number of carbonyl (C=O) groups excluding carboxylic acids is 2. The van der Waals surface area contributed by atoms with Gasteiger partial charge in [0.15, 0.2) is 0 Å². The third-order valence-corrected chi connectivity index (χ3v) is 3.97. The molecule has 2 aromatic carbocycles. The number of carbonyl (C=O) groups is 2. The molecule has 0 radical (unpaired) electrons. The Balaban J connectivity index is 2.09. The van der Waals surface area contributed by atoms with Crippen LogP contribution in [-0.2, 0) is 17.8 Å². The van der Waals surface area contributed by atoms with Gasteiger partial charge < -0.3 is 9.64 Å². The number of aldehydes is 1. The Hall–Kier alpha value is -2.62. The van der Waals surface area contributed by atoms with Gasteiger partial charge in [-0.25, -0.2) is 0 Å². The van der Waals surface area contributed by atoms with Gasteiger partial charge in [-0.05, 0) is 29.7 Å². The second kappa shape index (κ2) is 6.02. The number of ether oxygens (including phenoxy) is 1. The first-order valence-electron chi connectivity index (χ1n) is 7.24. The first-order chi connectivity index (χ1) is 10.7. The summed E-state index contributed by atoms with van der Waals surface area (Å²) in [5, 5.41) is 0. The predicted molar refractivity (Wildman–Crippen MR) is 84.3 cm³/mol. The Bertz CT molecular complexity index is 710. The zero-order valence-corrected chi connectivity index (χ0v) is 12.4. The highest BCUT2D eigenvalue weighted by molar-refractivity contribution is 6.00. The van der Waals surface area contributed by atoms with Crippen LogP contribution in [0, 0.1) is 0 Å². The van der Waals surface area contributed by atoms with Crippen molar-refractivity contribution in [2.24, 2.45) is 0 Å². The molecule has 112 valence electrons. The van der Waals surface area contributed by atoms with Crippen molar-refractivity contribution in [3.05, 3.63) is 59.2 Å². The molecule has 1 aliphatic heterocycles. The van der Waals surface area contributed by atoms with Crippen LogP contribution < -0.4 is 9.64 Å². The molecule has 0 bridgehead atoms. The Kier molecular flexibility index (Phi) is 3.92. The fourth-order valence-corrected chi connectivity index (χ4v) is 2.89. The molecule has 1 heterocycles. The van der Waals surface area contributed by atoms with E-state index in [-0.39, 0.29) is 5.91 Å². The number of anilines is 1. The monoisotopic (exact) mass is 295 g/mol. The highest BCUT2D eigenvalue weighted by Crippen LogP contribution is 2.39. The molecule has 0 aliphatic carbocycles. The maximum Gasteiger partial charge on any atom is 0.227 e. The zero-order chi connectivity index (χ0) is 15.5. The van der Waals surface area contributed by atoms with E-state index in [1.165, 1.54) is 0 Å². The molecule has 0 unspecified atom stereocenters. The smallest absolute Gasteiger partial charge is 0.227 e. The summed E-state index contributed by atoms with van der Waals surface area (Å²) in [6.45, 7) is 0.478. The van der Waals surface area contributed by atoms with Crippen molar-refractivity contribution >= 4 is 17.9 Å². The van der Waals surface area contributed by atoms with E-state index in [9.17, 15) is 9.59 Å². The number of methoxy groups -OCH3 is 1. The molecular weight excluding hydrogens is 278 g/mol. The molecule has 0 saturated heterocycles. The summed E-state index contributed by atoms with van der Waals surface area (Å²) in [5.41, 5.74) is 3.29. The molecule has 22 heavy (non-hydrogen) atoms. The van der Waals surface area contributed by atoms with E-state index in [1.807, 2.05) is 30.3 Å². The molecule has 1 aliphatic rings. The molecule has 0 fully saturated rings. The lowest BCUT2D eigenvalue weighted by Crippen LogP contribution is -2.35. The minimum Gasteiger partial charge on any atom is -0.495 e. The molecule has 1 amide bonds. The highest BCUT2D eigenvalue weighted by atomic mass is 16.5. The number of hydrogen-bond acceptors (Lipinski definition) is 3. The molecular formula is C18H17NO3. The fraction of sp³-hybridized carbons (Fsp3) is 0.222. The molecule has 0 atom stereocenters. The predicted octanol–water partition coefficient (Wildman–Crippen LogP) is 2.99. The molecule has 0 spiro atoms. The normalized spacial score (nSPS) is 13.7. The third-order valence-electron chi connectivity index (χ3n) is 3.97. The van der Waals surface area contributed by atoms with Crippen molar-refractivity contribution in [1.82, 2.24) is 0 Å². The molecule has 0 saturated carbocycles. The summed E-state index contributed by atoms with van der Waals surface area (Å²) >= 11 is 0. The zero-order valence-electron chi connectivity index (χ0n) is 12.4. The lowest BCUT2D eigenvalue weighted by Gasteiger charge is -2.31. The Morgan fingerprint density at radius 1 is 1.14 bits per heavy atom. The van der Waals surface area contributed by atoms with Crippen LogP contribution in [0.15, 0.2) is 42.5 Å². The standard InChI is InChI=1S/C18H17NO3/c1-22-16-9-7-14(12-20)15-8-10-17(21)19(18(15)16)11-13-5-3-2-4-6-13/h2-7,9,12H,8,10-11H2,1H3. The topological polar surface area (TPSA) is 46.6 Å². The Morgan fingerprint density at radius 3 is 2.59 bits per heavy atom. The van der Waals surface area contributed by atoms with Crippen molar-refractivity contribution in [2.75, 3.05) is 12.0 Å². The second-order valence-electron chi connectivity index (χ2n) is 5.27. The van der Waals surface area contributed by atoms with E-state index in [2.05, 4.69) is 0 Å². The summed E-state index contributed by atoms with van der Waals surface area (Å²) in [6, 6.07) is 13.3. The van der Waals surface area contributed by atoms with Gasteiger partial charge in [0.1, 0.15) is 12.0 Å². The Labute approximate surface area is 129 Å². The van der Waals surface area contributed by atoms with Gasteiger partial charge in [-0.15, -0.1) is 0 Å². The van der Waals surface area contributed by atoms with Crippen molar-refractivity contribution < 1.29 is 14.3 Å². The van der Waals surface area contributed by atoms with Gasteiger partial charge >= 0.3 is 0 Å². The van der Waals surface area contributed by atoms with Gasteiger partial charge in [0, 0.05) is 12.0 Å². The van der Waals surface area contributed by atoms with Crippen LogP contribution in [0.5, 0.6) is 5.75 Å². The van der Waals surface area contributed by atoms with Crippen LogP contribution in [0.3, 0.4) is 0 Å². The van der Waals surface area contributed by atoms with E-state index in [0.29, 0.717) is 30.7 Å². The van der Waals surface area contributed by atoms with Crippen LogP contribution >= 0.6 is 0 Å². The van der Waals surface area contributed by atoms with Crippen molar-refractivity contribution in [3.63, 3.8) is 0 Å². The summed E-state index contributed by atoms with van der Waals surface area (Å²) in [6.07, 6.45) is 1.83. The molecule has 2 aromatic rings. The number of nitrogens with zero attached hydrogens (tertiary/aromatic N) is 1. The average Bonchev–Trinajstić information content (AvgIpc) is 2.57. The van der Waals surface area contributed by atoms with Crippen molar-refractivity contribution in [2.45, 2.75) is 19.4 Å². The first kappa shape index (κ1) is 14.3. The van der Waals surface area contributed by atoms with Gasteiger partial charge in [0.25, 0.3) is 0 Å². The molecule has 0 N–H and O–H groups in total. The van der Waals surface area contributed by atoms with Crippen LogP contribution in [0.25, 0.3) is 0 Å². The fourth-order valence-electron chi connectivity index (χ4n) is 2.89. The summed E-state index contributed by atoms with van der Waals surface area (Å²) in [7, 11) is 1.58. The van der Waals surface area contributed by atoms with E-state index >= 15 is 0 Å². The Morgan fingerprint density at radius 2 is 1.91 bits per heavy atom. The summed E-state index contributed by atoms with van der Waals surface area (Å²) in [5.74, 6) is 0.683. The minimum atomic E-state index is 0.0534. The largest absolute Gasteiger partial charge is 0.495 e. The third kappa shape index (κ3) is 2.48. The van der Waals surface area contributed by atoms with Crippen molar-refractivity contribution in [1.29, 1.82) is 0 Å². The average molecular weight is 295 g/mol. The molecule has 3 rings (SSSR count). The van der Waals surface area contributed by atoms with Crippen LogP contribution in [0.1, 0.15) is 27.9 Å². The summed E-state index contributed by atoms with van der Waals surface area (Å²) in [4.78, 5) is 25.4. The van der Waals surface area contributed by atoms with Crippen molar-refractivity contribution in [3.8, 4) is 5.75 Å². The van der Waals surface area contributed by atoms with E-state index in [0.717, 1.165) is 23.1 Å². The number of fused-ring (bicyclic) bond motifs is 1. The molecule has 4 heteroatoms. The number of amides is 1. The van der Waals surface area contributed by atoms with Gasteiger partial charge in [-0.2, -0.15) is 0 Å². The molecule has 0 aromatic heterocycles. The number of rotatable bonds is 4. The molecule has 4 nitrogen and oxygen atoms in total. The van der Waals surface area contributed by atoms with E-state index in [1.54, 1.807) is 24.1 Å².